The summed E-state index contributed by atoms with van der Waals surface area (Å²) < 4.78 is 10.6. The first-order valence-corrected chi connectivity index (χ1v) is 5.96. The van der Waals surface area contributed by atoms with E-state index in [1.165, 1.54) is 0 Å². The molecule has 0 saturated carbocycles. The minimum Gasteiger partial charge on any atom is -0.495 e. The number of rotatable bonds is 3. The Kier molecular flexibility index (Phi) is 3.74. The molecule has 0 spiro atoms. The number of anilines is 2. The molecule has 0 aromatic heterocycles. The molecule has 0 atom stereocenters. The van der Waals surface area contributed by atoms with Gasteiger partial charge in [0.05, 0.1) is 12.8 Å². The van der Waals surface area contributed by atoms with Crippen LogP contribution in [0.5, 0.6) is 5.75 Å². The number of nitrogens with two attached hydrogens (primary N) is 1. The molecule has 0 aliphatic carbocycles. The molecule has 0 radical (unpaired) electrons. The Labute approximate surface area is 102 Å². The van der Waals surface area contributed by atoms with E-state index in [0.29, 0.717) is 11.7 Å². The van der Waals surface area contributed by atoms with Crippen molar-refractivity contribution in [1.29, 1.82) is 0 Å². The fourth-order valence-electron chi connectivity index (χ4n) is 2.20. The summed E-state index contributed by atoms with van der Waals surface area (Å²) in [5.74, 6) is 0.737. The summed E-state index contributed by atoms with van der Waals surface area (Å²) >= 11 is 0. The van der Waals surface area contributed by atoms with Gasteiger partial charge in [-0.2, -0.15) is 0 Å². The predicted molar refractivity (Wildman–Crippen MR) is 69.7 cm³/mol. The number of nitrogens with zero attached hydrogens (tertiary/aromatic N) is 1. The van der Waals surface area contributed by atoms with E-state index in [1.54, 1.807) is 7.11 Å². The third kappa shape index (κ3) is 2.64. The lowest BCUT2D eigenvalue weighted by Crippen LogP contribution is -2.36. The molecule has 1 fully saturated rings. The normalized spacial score (nSPS) is 16.8. The first-order chi connectivity index (χ1) is 8.22. The van der Waals surface area contributed by atoms with Crippen LogP contribution in [0.2, 0.25) is 0 Å². The van der Waals surface area contributed by atoms with Crippen LogP contribution in [-0.4, -0.2) is 33.4 Å². The van der Waals surface area contributed by atoms with Crippen molar-refractivity contribution in [2.24, 2.45) is 0 Å². The van der Waals surface area contributed by atoms with Crippen molar-refractivity contribution in [3.05, 3.63) is 18.2 Å². The van der Waals surface area contributed by atoms with Crippen molar-refractivity contribution in [1.82, 2.24) is 0 Å². The lowest BCUT2D eigenvalue weighted by Gasteiger charge is -2.33. The monoisotopic (exact) mass is 236 g/mol. The third-order valence-corrected chi connectivity index (χ3v) is 3.36. The first-order valence-electron chi connectivity index (χ1n) is 5.96. The Morgan fingerprint density at radius 2 is 2.06 bits per heavy atom. The molecule has 0 amide bonds. The minimum absolute atomic E-state index is 0.539. The van der Waals surface area contributed by atoms with Gasteiger partial charge in [0.25, 0.3) is 0 Å². The third-order valence-electron chi connectivity index (χ3n) is 3.36. The maximum Gasteiger partial charge on any atom is 0.143 e. The zero-order valence-electron chi connectivity index (χ0n) is 10.5. The van der Waals surface area contributed by atoms with Crippen LogP contribution in [0.3, 0.4) is 0 Å². The summed E-state index contributed by atoms with van der Waals surface area (Å²) in [6.45, 7) is 1.70. The Hall–Kier alpha value is -1.42. The summed E-state index contributed by atoms with van der Waals surface area (Å²) in [6.07, 6.45) is 2.15. The zero-order valence-corrected chi connectivity index (χ0v) is 10.5. The van der Waals surface area contributed by atoms with Gasteiger partial charge in [0.2, 0.25) is 0 Å². The average Bonchev–Trinajstić information content (AvgIpc) is 2.39. The molecule has 4 nitrogen and oxygen atoms in total. The Morgan fingerprint density at radius 1 is 1.35 bits per heavy atom. The number of benzene rings is 1. The number of ether oxygens (including phenoxy) is 2. The van der Waals surface area contributed by atoms with Gasteiger partial charge in [0, 0.05) is 38.1 Å². The second kappa shape index (κ2) is 5.27. The molecule has 1 heterocycles. The van der Waals surface area contributed by atoms with Gasteiger partial charge in [0.15, 0.2) is 0 Å². The van der Waals surface area contributed by atoms with Gasteiger partial charge in [-0.3, -0.25) is 0 Å². The van der Waals surface area contributed by atoms with Gasteiger partial charge in [-0.15, -0.1) is 0 Å². The molecule has 1 aliphatic rings. The van der Waals surface area contributed by atoms with E-state index in [4.69, 9.17) is 15.2 Å². The maximum absolute atomic E-state index is 5.82. The predicted octanol–water partition coefficient (Wildman–Crippen LogP) is 1.89. The van der Waals surface area contributed by atoms with Gasteiger partial charge in [-0.05, 0) is 25.0 Å². The van der Waals surface area contributed by atoms with E-state index in [-0.39, 0.29) is 0 Å². The van der Waals surface area contributed by atoms with Gasteiger partial charge in [0.1, 0.15) is 5.75 Å². The molecular formula is C13H20N2O2. The van der Waals surface area contributed by atoms with Crippen LogP contribution in [0, 0.1) is 0 Å². The van der Waals surface area contributed by atoms with Crippen LogP contribution in [0.25, 0.3) is 0 Å². The van der Waals surface area contributed by atoms with E-state index < -0.39 is 0 Å². The van der Waals surface area contributed by atoms with E-state index >= 15 is 0 Å². The van der Waals surface area contributed by atoms with E-state index in [2.05, 4.69) is 11.9 Å². The van der Waals surface area contributed by atoms with Crippen molar-refractivity contribution < 1.29 is 9.47 Å². The van der Waals surface area contributed by atoms with Crippen molar-refractivity contribution in [2.45, 2.75) is 18.9 Å². The van der Waals surface area contributed by atoms with E-state index in [1.807, 2.05) is 18.2 Å². The van der Waals surface area contributed by atoms with Crippen LogP contribution < -0.4 is 15.4 Å². The summed E-state index contributed by atoms with van der Waals surface area (Å²) in [6, 6.07) is 6.46. The second-order valence-corrected chi connectivity index (χ2v) is 4.38. The van der Waals surface area contributed by atoms with Gasteiger partial charge in [-0.25, -0.2) is 0 Å². The van der Waals surface area contributed by atoms with Gasteiger partial charge >= 0.3 is 0 Å². The average molecular weight is 236 g/mol. The minimum atomic E-state index is 0.539. The van der Waals surface area contributed by atoms with Crippen molar-refractivity contribution in [2.75, 3.05) is 38.0 Å². The largest absolute Gasteiger partial charge is 0.495 e. The Balaban J connectivity index is 2.15. The molecule has 1 aromatic rings. The van der Waals surface area contributed by atoms with Crippen molar-refractivity contribution >= 4 is 11.4 Å². The van der Waals surface area contributed by atoms with Gasteiger partial charge in [-0.1, -0.05) is 0 Å². The second-order valence-electron chi connectivity index (χ2n) is 4.38. The van der Waals surface area contributed by atoms with Crippen LogP contribution >= 0.6 is 0 Å². The molecular weight excluding hydrogens is 216 g/mol. The highest BCUT2D eigenvalue weighted by atomic mass is 16.5. The topological polar surface area (TPSA) is 47.7 Å². The molecule has 0 unspecified atom stereocenters. The molecule has 1 aromatic carbocycles. The Bertz CT molecular complexity index is 376. The van der Waals surface area contributed by atoms with Crippen molar-refractivity contribution in [3.63, 3.8) is 0 Å². The standard InChI is InChI=1S/C13H20N2O2/c1-15(10-5-7-17-8-6-10)11-3-4-12(14)13(9-11)16-2/h3-4,9-10H,5-8,14H2,1-2H3. The summed E-state index contributed by atoms with van der Waals surface area (Å²) in [5.41, 5.74) is 7.63. The molecule has 17 heavy (non-hydrogen) atoms. The summed E-state index contributed by atoms with van der Waals surface area (Å²) in [5, 5.41) is 0. The van der Waals surface area contributed by atoms with Crippen LogP contribution in [-0.2, 0) is 4.74 Å². The fourth-order valence-corrected chi connectivity index (χ4v) is 2.20. The van der Waals surface area contributed by atoms with Crippen molar-refractivity contribution in [3.8, 4) is 5.75 Å². The highest BCUT2D eigenvalue weighted by Gasteiger charge is 2.19. The molecule has 2 N–H and O–H groups in total. The summed E-state index contributed by atoms with van der Waals surface area (Å²) in [4.78, 5) is 2.28. The quantitative estimate of drug-likeness (QED) is 0.814. The smallest absolute Gasteiger partial charge is 0.143 e. The molecule has 0 bridgehead atoms. The molecule has 4 heteroatoms. The highest BCUT2D eigenvalue weighted by molar-refractivity contribution is 5.62. The summed E-state index contributed by atoms with van der Waals surface area (Å²) in [7, 11) is 3.75. The van der Waals surface area contributed by atoms with Gasteiger partial charge < -0.3 is 20.1 Å². The first kappa shape index (κ1) is 12.0. The maximum atomic E-state index is 5.82. The van der Waals surface area contributed by atoms with Crippen LogP contribution in [0.1, 0.15) is 12.8 Å². The molecule has 1 aliphatic heterocycles. The van der Waals surface area contributed by atoms with E-state index in [9.17, 15) is 0 Å². The SMILES string of the molecule is COc1cc(N(C)C2CCOCC2)ccc1N. The van der Waals surface area contributed by atoms with Crippen LogP contribution in [0.15, 0.2) is 18.2 Å². The lowest BCUT2D eigenvalue weighted by molar-refractivity contribution is 0.0855. The number of nitrogen functional groups attached to an aromatic ring is 1. The van der Waals surface area contributed by atoms with E-state index in [0.717, 1.165) is 37.5 Å². The number of hydrogen-bond acceptors (Lipinski definition) is 4. The Morgan fingerprint density at radius 3 is 2.71 bits per heavy atom. The highest BCUT2D eigenvalue weighted by Crippen LogP contribution is 2.29. The number of methoxy groups -OCH3 is 1. The number of hydrogen-bond donors (Lipinski definition) is 1. The lowest BCUT2D eigenvalue weighted by atomic mass is 10.1. The van der Waals surface area contributed by atoms with Crippen LogP contribution in [0.4, 0.5) is 11.4 Å². The molecule has 2 rings (SSSR count). The zero-order chi connectivity index (χ0) is 12.3. The fraction of sp³-hybridized carbons (Fsp3) is 0.538. The molecule has 94 valence electrons. The molecule has 1 saturated heterocycles.